The van der Waals surface area contributed by atoms with Gasteiger partial charge < -0.3 is 25.3 Å². The number of nitrogens with zero attached hydrogens (tertiary/aromatic N) is 2. The zero-order chi connectivity index (χ0) is 22.8. The Morgan fingerprint density at radius 2 is 0.882 bits per heavy atom. The molecule has 0 bridgehead atoms. The molecule has 3 aromatic carbocycles. The molecule has 0 saturated carbocycles. The van der Waals surface area contributed by atoms with Crippen molar-refractivity contribution in [2.75, 3.05) is 0 Å². The average molecular weight is 505 g/mol. The number of benzene rings is 3. The second kappa shape index (κ2) is 14.1. The number of fused-ring (bicyclic) bond motifs is 3. The first kappa shape index (κ1) is 27.9. The molecule has 7 nitrogen and oxygen atoms in total. The summed E-state index contributed by atoms with van der Waals surface area (Å²) in [6, 6.07) is 28.3. The summed E-state index contributed by atoms with van der Waals surface area (Å²) in [6.07, 6.45) is 3.60. The number of hydrogen-bond acceptors (Lipinski definition) is 6. The number of carbonyl (C=O) groups is 2. The summed E-state index contributed by atoms with van der Waals surface area (Å²) in [6.45, 7) is 0. The fourth-order valence-corrected chi connectivity index (χ4v) is 2.83. The third-order valence-electron chi connectivity index (χ3n) is 4.36. The maximum atomic E-state index is 10.1. The molecule has 0 atom stereocenters. The Labute approximate surface area is 206 Å². The van der Waals surface area contributed by atoms with Crippen molar-refractivity contribution in [3.63, 3.8) is 0 Å². The van der Waals surface area contributed by atoms with E-state index in [4.69, 9.17) is 0 Å². The van der Waals surface area contributed by atoms with Crippen LogP contribution in [-0.2, 0) is 22.5 Å². The van der Waals surface area contributed by atoms with Crippen LogP contribution < -0.4 is 10.2 Å². The molecule has 175 valence electrons. The van der Waals surface area contributed by atoms with Crippen LogP contribution in [-0.4, -0.2) is 21.9 Å². The molecule has 3 N–H and O–H groups in total. The molecule has 0 aliphatic heterocycles. The van der Waals surface area contributed by atoms with Gasteiger partial charge in [0.2, 0.25) is 0 Å². The summed E-state index contributed by atoms with van der Waals surface area (Å²) in [5.41, 5.74) is 2.39. The van der Waals surface area contributed by atoms with Gasteiger partial charge in [-0.05, 0) is 23.3 Å². The minimum Gasteiger partial charge on any atom is -0.545 e. The molecule has 34 heavy (non-hydrogen) atoms. The molecule has 0 aliphatic rings. The van der Waals surface area contributed by atoms with Crippen LogP contribution in [0.2, 0.25) is 0 Å². The van der Waals surface area contributed by atoms with Gasteiger partial charge >= 0.3 is 17.1 Å². The van der Waals surface area contributed by atoms with Crippen LogP contribution in [0.25, 0.3) is 21.8 Å². The SMILES string of the molecule is O=C([O-])c1ccccc1.O=C([O-])c1ccccc1.[Cu+2].[OH3+].c1cnc2c(c1)ccc1cccnc12. The largest absolute Gasteiger partial charge is 2.00 e. The number of carboxylic acid groups (broad SMARTS) is 2. The third-order valence-corrected chi connectivity index (χ3v) is 4.36. The Morgan fingerprint density at radius 3 is 1.18 bits per heavy atom. The van der Waals surface area contributed by atoms with E-state index < -0.39 is 11.9 Å². The normalized spacial score (nSPS) is 9.18. The molecule has 2 heterocycles. The van der Waals surface area contributed by atoms with Gasteiger partial charge in [0.15, 0.2) is 0 Å². The van der Waals surface area contributed by atoms with E-state index in [1.807, 2.05) is 12.1 Å². The van der Waals surface area contributed by atoms with Gasteiger partial charge in [0.05, 0.1) is 23.0 Å². The quantitative estimate of drug-likeness (QED) is 0.204. The number of pyridine rings is 2. The Balaban J connectivity index is 0.000000258. The number of aromatic carboxylic acids is 2. The van der Waals surface area contributed by atoms with E-state index in [0.29, 0.717) is 0 Å². The summed E-state index contributed by atoms with van der Waals surface area (Å²) >= 11 is 0. The summed E-state index contributed by atoms with van der Waals surface area (Å²) in [5, 5.41) is 22.5. The van der Waals surface area contributed by atoms with Gasteiger partial charge in [-0.2, -0.15) is 0 Å². The zero-order valence-electron chi connectivity index (χ0n) is 17.8. The summed E-state index contributed by atoms with van der Waals surface area (Å²) in [5.74, 6) is -2.26. The van der Waals surface area contributed by atoms with E-state index in [1.54, 1.807) is 48.8 Å². The smallest absolute Gasteiger partial charge is 0.545 e. The fourth-order valence-electron chi connectivity index (χ4n) is 2.83. The average Bonchev–Trinajstić information content (AvgIpc) is 2.86. The Bertz CT molecular complexity index is 1230. The minimum atomic E-state index is -1.13. The first-order valence-electron chi connectivity index (χ1n) is 9.67. The summed E-state index contributed by atoms with van der Waals surface area (Å²) in [4.78, 5) is 28.9. The molecule has 0 amide bonds. The number of rotatable bonds is 2. The number of hydrogen-bond donors (Lipinski definition) is 0. The molecule has 2 aromatic heterocycles. The van der Waals surface area contributed by atoms with E-state index in [2.05, 4.69) is 34.2 Å². The van der Waals surface area contributed by atoms with Crippen molar-refractivity contribution in [2.45, 2.75) is 0 Å². The monoisotopic (exact) mass is 504 g/mol. The second-order valence-electron chi connectivity index (χ2n) is 6.52. The predicted octanol–water partition coefficient (Wildman–Crippen LogP) is 1.96. The molecule has 5 aromatic rings. The van der Waals surface area contributed by atoms with Crippen molar-refractivity contribution >= 4 is 33.7 Å². The van der Waals surface area contributed by atoms with E-state index in [0.717, 1.165) is 21.8 Å². The van der Waals surface area contributed by atoms with Crippen molar-refractivity contribution in [3.05, 3.63) is 121 Å². The van der Waals surface area contributed by atoms with Crippen LogP contribution in [0.5, 0.6) is 0 Å². The standard InChI is InChI=1S/C12H8N2.2C7H6O2.Cu.H2O/c1-3-9-5-6-10-4-2-8-14-12(10)11(9)13-7-1;2*8-7(9)6-4-2-1-3-5-6;;/h1-8H;2*1-5H,(H,8,9);;1H2/q;;;+2;/p-1. The molecular weight excluding hydrogens is 484 g/mol. The van der Waals surface area contributed by atoms with Gasteiger partial charge in [-0.25, -0.2) is 0 Å². The molecule has 1 radical (unpaired) electrons. The molecule has 0 saturated heterocycles. The molecular formula is C26H21CuN2O5+. The van der Waals surface area contributed by atoms with Crippen LogP contribution in [0.1, 0.15) is 20.7 Å². The Hall–Kier alpha value is -4.10. The van der Waals surface area contributed by atoms with Gasteiger partial charge in [-0.1, -0.05) is 84.9 Å². The Morgan fingerprint density at radius 1 is 0.529 bits per heavy atom. The molecule has 8 heteroatoms. The number of carboxylic acids is 2. The van der Waals surface area contributed by atoms with Crippen molar-refractivity contribution < 1.29 is 42.3 Å². The molecule has 5 rings (SSSR count). The maximum Gasteiger partial charge on any atom is 2.00 e. The summed E-state index contributed by atoms with van der Waals surface area (Å²) in [7, 11) is 0. The Kier molecular flexibility index (Phi) is 11.6. The van der Waals surface area contributed by atoms with E-state index >= 15 is 0 Å². The van der Waals surface area contributed by atoms with Crippen molar-refractivity contribution in [1.82, 2.24) is 9.97 Å². The molecule has 0 aliphatic carbocycles. The zero-order valence-corrected chi connectivity index (χ0v) is 18.7. The van der Waals surface area contributed by atoms with Gasteiger partial charge in [-0.15, -0.1) is 0 Å². The van der Waals surface area contributed by atoms with Gasteiger partial charge in [0, 0.05) is 23.2 Å². The van der Waals surface area contributed by atoms with E-state index in [1.165, 1.54) is 24.3 Å². The summed E-state index contributed by atoms with van der Waals surface area (Å²) < 4.78 is 0. The van der Waals surface area contributed by atoms with Crippen LogP contribution in [0.15, 0.2) is 109 Å². The molecule has 0 unspecified atom stereocenters. The second-order valence-corrected chi connectivity index (χ2v) is 6.52. The fraction of sp³-hybridized carbons (Fsp3) is 0. The van der Waals surface area contributed by atoms with Gasteiger partial charge in [0.25, 0.3) is 0 Å². The van der Waals surface area contributed by atoms with Gasteiger partial charge in [0.1, 0.15) is 0 Å². The van der Waals surface area contributed by atoms with Crippen molar-refractivity contribution in [1.29, 1.82) is 0 Å². The van der Waals surface area contributed by atoms with Crippen molar-refractivity contribution in [2.24, 2.45) is 0 Å². The topological polar surface area (TPSA) is 139 Å². The first-order valence-corrected chi connectivity index (χ1v) is 9.67. The van der Waals surface area contributed by atoms with Crippen LogP contribution >= 0.6 is 0 Å². The number of aromatic nitrogens is 2. The minimum absolute atomic E-state index is 0. The van der Waals surface area contributed by atoms with Crippen LogP contribution in [0, 0.1) is 0 Å². The van der Waals surface area contributed by atoms with Crippen LogP contribution in [0.3, 0.4) is 0 Å². The first-order chi connectivity index (χ1) is 15.6. The van der Waals surface area contributed by atoms with E-state index in [9.17, 15) is 19.8 Å². The predicted molar refractivity (Wildman–Crippen MR) is 123 cm³/mol. The molecule has 0 spiro atoms. The van der Waals surface area contributed by atoms with Gasteiger partial charge in [-0.3, -0.25) is 9.97 Å². The van der Waals surface area contributed by atoms with Crippen molar-refractivity contribution in [3.8, 4) is 0 Å². The third kappa shape index (κ3) is 7.79. The van der Waals surface area contributed by atoms with E-state index in [-0.39, 0.29) is 33.7 Å². The maximum absolute atomic E-state index is 10.1. The molecule has 0 fully saturated rings. The number of carbonyl (C=O) groups excluding carboxylic acids is 2. The van der Waals surface area contributed by atoms with Crippen LogP contribution in [0.4, 0.5) is 0 Å².